The topological polar surface area (TPSA) is 29.0 Å². The summed E-state index contributed by atoms with van der Waals surface area (Å²) in [4.78, 5) is 10.9. The van der Waals surface area contributed by atoms with E-state index >= 15 is 0 Å². The summed E-state index contributed by atoms with van der Waals surface area (Å²) in [5.74, 6) is 1.36. The van der Waals surface area contributed by atoms with Crippen LogP contribution < -0.4 is 0 Å². The summed E-state index contributed by atoms with van der Waals surface area (Å²) in [5, 5.41) is 0. The van der Waals surface area contributed by atoms with Gasteiger partial charge in [-0.25, -0.2) is 9.97 Å². The third-order valence-electron chi connectivity index (χ3n) is 3.15. The predicted molar refractivity (Wildman–Crippen MR) is 65.3 cm³/mol. The monoisotopic (exact) mass is 219 g/mol. The molecule has 1 aliphatic heterocycles. The van der Waals surface area contributed by atoms with Gasteiger partial charge in [0.1, 0.15) is 6.33 Å². The van der Waals surface area contributed by atoms with E-state index in [2.05, 4.69) is 34.8 Å². The maximum atomic E-state index is 4.38. The Kier molecular flexibility index (Phi) is 3.88. The second-order valence-corrected chi connectivity index (χ2v) is 5.13. The molecule has 0 aromatic carbocycles. The summed E-state index contributed by atoms with van der Waals surface area (Å²) < 4.78 is 0. The molecule has 88 valence electrons. The number of rotatable bonds is 3. The van der Waals surface area contributed by atoms with Crippen LogP contribution in [0.4, 0.5) is 0 Å². The fourth-order valence-electron chi connectivity index (χ4n) is 2.52. The lowest BCUT2D eigenvalue weighted by atomic mass is 9.94. The van der Waals surface area contributed by atoms with Crippen LogP contribution in [0.15, 0.2) is 18.6 Å². The molecule has 0 spiro atoms. The lowest BCUT2D eigenvalue weighted by molar-refractivity contribution is 0.186. The Morgan fingerprint density at radius 2 is 2.38 bits per heavy atom. The van der Waals surface area contributed by atoms with Gasteiger partial charge in [-0.1, -0.05) is 13.8 Å². The molecule has 1 aromatic rings. The minimum absolute atomic E-state index is 0.607. The van der Waals surface area contributed by atoms with Crippen LogP contribution in [0.5, 0.6) is 0 Å². The Morgan fingerprint density at radius 3 is 3.06 bits per heavy atom. The molecule has 0 aliphatic carbocycles. The largest absolute Gasteiger partial charge is 0.302 e. The number of hydrogen-bond donors (Lipinski definition) is 0. The molecular weight excluding hydrogens is 198 g/mol. The van der Waals surface area contributed by atoms with E-state index in [1.165, 1.54) is 31.6 Å². The highest BCUT2D eigenvalue weighted by Gasteiger charge is 2.22. The molecule has 16 heavy (non-hydrogen) atoms. The van der Waals surface area contributed by atoms with Crippen LogP contribution in [0.1, 0.15) is 38.3 Å². The first kappa shape index (κ1) is 11.5. The lowest BCUT2D eigenvalue weighted by Crippen LogP contribution is -2.37. The molecule has 1 saturated heterocycles. The minimum atomic E-state index is 0.607. The van der Waals surface area contributed by atoms with Gasteiger partial charge in [0.15, 0.2) is 0 Å². The first-order valence-corrected chi connectivity index (χ1v) is 6.24. The molecule has 0 bridgehead atoms. The van der Waals surface area contributed by atoms with Crippen LogP contribution >= 0.6 is 0 Å². The van der Waals surface area contributed by atoms with E-state index in [4.69, 9.17) is 0 Å². The van der Waals surface area contributed by atoms with Crippen molar-refractivity contribution in [3.05, 3.63) is 24.3 Å². The van der Waals surface area contributed by atoms with Crippen LogP contribution in [0.2, 0.25) is 0 Å². The summed E-state index contributed by atoms with van der Waals surface area (Å²) in [6.07, 6.45) is 6.08. The van der Waals surface area contributed by atoms with Gasteiger partial charge in [0.05, 0.1) is 0 Å². The van der Waals surface area contributed by atoms with E-state index in [1.807, 2.05) is 6.20 Å². The molecule has 2 rings (SSSR count). The molecular formula is C13H21N3. The van der Waals surface area contributed by atoms with E-state index in [1.54, 1.807) is 6.33 Å². The molecule has 3 nitrogen and oxygen atoms in total. The molecule has 0 saturated carbocycles. The Labute approximate surface area is 97.9 Å². The molecule has 1 atom stereocenters. The smallest absolute Gasteiger partial charge is 0.115 e. The molecule has 0 amide bonds. The summed E-state index contributed by atoms with van der Waals surface area (Å²) in [7, 11) is 0. The lowest BCUT2D eigenvalue weighted by Gasteiger charge is -2.33. The van der Waals surface area contributed by atoms with Crippen LogP contribution in [0.3, 0.4) is 0 Å². The van der Waals surface area contributed by atoms with Crippen molar-refractivity contribution in [2.24, 2.45) is 5.92 Å². The Hall–Kier alpha value is -0.960. The quantitative estimate of drug-likeness (QED) is 0.781. The number of nitrogens with zero attached hydrogens (tertiary/aromatic N) is 3. The van der Waals surface area contributed by atoms with Crippen molar-refractivity contribution in [1.82, 2.24) is 14.9 Å². The maximum Gasteiger partial charge on any atom is 0.115 e. The van der Waals surface area contributed by atoms with Crippen LogP contribution in [0, 0.1) is 5.92 Å². The van der Waals surface area contributed by atoms with Crippen molar-refractivity contribution in [1.29, 1.82) is 0 Å². The third kappa shape index (κ3) is 3.01. The zero-order valence-corrected chi connectivity index (χ0v) is 10.3. The third-order valence-corrected chi connectivity index (χ3v) is 3.15. The number of piperidine rings is 1. The van der Waals surface area contributed by atoms with Crippen molar-refractivity contribution in [2.75, 3.05) is 19.6 Å². The highest BCUT2D eigenvalue weighted by Crippen LogP contribution is 2.25. The normalized spacial score (nSPS) is 22.6. The first-order chi connectivity index (χ1) is 7.75. The van der Waals surface area contributed by atoms with Crippen molar-refractivity contribution in [3.63, 3.8) is 0 Å². The van der Waals surface area contributed by atoms with Crippen molar-refractivity contribution in [2.45, 2.75) is 32.6 Å². The molecule has 0 N–H and O–H groups in total. The molecule has 1 aromatic heterocycles. The van der Waals surface area contributed by atoms with Gasteiger partial charge >= 0.3 is 0 Å². The van der Waals surface area contributed by atoms with Crippen molar-refractivity contribution >= 4 is 0 Å². The van der Waals surface area contributed by atoms with E-state index in [9.17, 15) is 0 Å². The first-order valence-electron chi connectivity index (χ1n) is 6.24. The Balaban J connectivity index is 1.97. The van der Waals surface area contributed by atoms with Gasteiger partial charge in [-0.2, -0.15) is 0 Å². The zero-order valence-electron chi connectivity index (χ0n) is 10.3. The highest BCUT2D eigenvalue weighted by molar-refractivity contribution is 5.07. The summed E-state index contributed by atoms with van der Waals surface area (Å²) in [5.41, 5.74) is 1.21. The van der Waals surface area contributed by atoms with Gasteiger partial charge in [0.25, 0.3) is 0 Å². The number of likely N-dealkylation sites (tertiary alicyclic amines) is 1. The molecule has 1 fully saturated rings. The number of aromatic nitrogens is 2. The molecule has 0 radical (unpaired) electrons. The highest BCUT2D eigenvalue weighted by atomic mass is 15.1. The molecule has 1 aliphatic rings. The zero-order chi connectivity index (χ0) is 11.4. The van der Waals surface area contributed by atoms with Gasteiger partial charge in [-0.05, 0) is 31.4 Å². The van der Waals surface area contributed by atoms with Crippen molar-refractivity contribution < 1.29 is 0 Å². The second kappa shape index (κ2) is 5.39. The molecule has 1 unspecified atom stereocenters. The minimum Gasteiger partial charge on any atom is -0.302 e. The Bertz CT molecular complexity index is 310. The average Bonchev–Trinajstić information content (AvgIpc) is 2.30. The van der Waals surface area contributed by atoms with E-state index < -0.39 is 0 Å². The average molecular weight is 219 g/mol. The summed E-state index contributed by atoms with van der Waals surface area (Å²) in [6.45, 7) is 8.19. The SMILES string of the molecule is CC(C)CN1CCCC(c2ccncn2)C1. The summed E-state index contributed by atoms with van der Waals surface area (Å²) >= 11 is 0. The van der Waals surface area contributed by atoms with Gasteiger partial charge < -0.3 is 4.90 Å². The standard InChI is InChI=1S/C13H21N3/c1-11(2)8-16-7-3-4-12(9-16)13-5-6-14-10-15-13/h5-6,10-12H,3-4,7-9H2,1-2H3. The van der Waals surface area contributed by atoms with Gasteiger partial charge in [-0.3, -0.25) is 0 Å². The van der Waals surface area contributed by atoms with Gasteiger partial charge in [0.2, 0.25) is 0 Å². The predicted octanol–water partition coefficient (Wildman–Crippen LogP) is 2.31. The van der Waals surface area contributed by atoms with E-state index in [0.29, 0.717) is 5.92 Å². The second-order valence-electron chi connectivity index (χ2n) is 5.13. The molecule has 3 heteroatoms. The van der Waals surface area contributed by atoms with E-state index in [-0.39, 0.29) is 0 Å². The van der Waals surface area contributed by atoms with Crippen LogP contribution in [-0.4, -0.2) is 34.5 Å². The Morgan fingerprint density at radius 1 is 1.50 bits per heavy atom. The van der Waals surface area contributed by atoms with Gasteiger partial charge in [0, 0.05) is 30.9 Å². The fourth-order valence-corrected chi connectivity index (χ4v) is 2.52. The van der Waals surface area contributed by atoms with Gasteiger partial charge in [-0.15, -0.1) is 0 Å². The number of hydrogen-bond acceptors (Lipinski definition) is 3. The van der Waals surface area contributed by atoms with Crippen LogP contribution in [0.25, 0.3) is 0 Å². The summed E-state index contributed by atoms with van der Waals surface area (Å²) in [6, 6.07) is 2.06. The van der Waals surface area contributed by atoms with E-state index in [0.717, 1.165) is 12.5 Å². The molecule has 2 heterocycles. The van der Waals surface area contributed by atoms with Crippen LogP contribution in [-0.2, 0) is 0 Å². The maximum absolute atomic E-state index is 4.38. The fraction of sp³-hybridized carbons (Fsp3) is 0.692. The van der Waals surface area contributed by atoms with Crippen molar-refractivity contribution in [3.8, 4) is 0 Å².